The van der Waals surface area contributed by atoms with Crippen molar-refractivity contribution in [3.8, 4) is 11.1 Å². The van der Waals surface area contributed by atoms with Crippen molar-refractivity contribution in [2.75, 3.05) is 7.11 Å². The van der Waals surface area contributed by atoms with E-state index in [0.29, 0.717) is 17.9 Å². The summed E-state index contributed by atoms with van der Waals surface area (Å²) in [6.45, 7) is 3.99. The van der Waals surface area contributed by atoms with Gasteiger partial charge in [0.05, 0.1) is 11.6 Å². The first-order chi connectivity index (χ1) is 13.9. The minimum atomic E-state index is -0.768. The number of carbonyl (C=O) groups excluding carboxylic acids is 2. The Morgan fingerprint density at radius 1 is 1.03 bits per heavy atom. The smallest absolute Gasteiger partial charge is 0.235 e. The molecule has 1 atom stereocenters. The maximum Gasteiger partial charge on any atom is 0.235 e. The molecule has 2 aromatic carbocycles. The van der Waals surface area contributed by atoms with E-state index in [9.17, 15) is 9.59 Å². The molecule has 1 N–H and O–H groups in total. The Morgan fingerprint density at radius 2 is 1.72 bits per heavy atom. The van der Waals surface area contributed by atoms with Gasteiger partial charge in [-0.05, 0) is 73.9 Å². The van der Waals surface area contributed by atoms with Crippen LogP contribution in [0.2, 0.25) is 5.02 Å². The van der Waals surface area contributed by atoms with Gasteiger partial charge in [-0.25, -0.2) is 0 Å². The van der Waals surface area contributed by atoms with Gasteiger partial charge in [-0.15, -0.1) is 0 Å². The van der Waals surface area contributed by atoms with Crippen LogP contribution in [0, 0.1) is 13.8 Å². The lowest BCUT2D eigenvalue weighted by atomic mass is 9.75. The molecule has 2 fully saturated rings. The van der Waals surface area contributed by atoms with Gasteiger partial charge in [0.2, 0.25) is 5.91 Å². The molecule has 5 heteroatoms. The van der Waals surface area contributed by atoms with Crippen molar-refractivity contribution in [1.29, 1.82) is 0 Å². The molecule has 4 rings (SSSR count). The zero-order valence-electron chi connectivity index (χ0n) is 17.0. The molecule has 1 unspecified atom stereocenters. The largest absolute Gasteiger partial charge is 0.381 e. The lowest BCUT2D eigenvalue weighted by Crippen LogP contribution is -2.50. The number of benzene rings is 2. The lowest BCUT2D eigenvalue weighted by molar-refractivity contribution is -0.126. The molecule has 1 saturated carbocycles. The van der Waals surface area contributed by atoms with Crippen LogP contribution in [-0.2, 0) is 14.3 Å². The lowest BCUT2D eigenvalue weighted by Gasteiger charge is -2.35. The maximum atomic E-state index is 13.5. The first-order valence-electron chi connectivity index (χ1n) is 10.1. The molecule has 4 nitrogen and oxygen atoms in total. The summed E-state index contributed by atoms with van der Waals surface area (Å²) >= 11 is 6.43. The van der Waals surface area contributed by atoms with Crippen LogP contribution in [0.3, 0.4) is 0 Å². The molecule has 29 heavy (non-hydrogen) atoms. The summed E-state index contributed by atoms with van der Waals surface area (Å²) < 4.78 is 5.44. The van der Waals surface area contributed by atoms with E-state index in [4.69, 9.17) is 16.3 Å². The van der Waals surface area contributed by atoms with Crippen LogP contribution in [0.4, 0.5) is 0 Å². The van der Waals surface area contributed by atoms with E-state index in [1.54, 1.807) is 7.11 Å². The van der Waals surface area contributed by atoms with E-state index in [-0.39, 0.29) is 17.8 Å². The fourth-order valence-electron chi connectivity index (χ4n) is 4.89. The van der Waals surface area contributed by atoms with Crippen LogP contribution in [0.15, 0.2) is 36.4 Å². The molecule has 152 valence electrons. The second-order valence-electron chi connectivity index (χ2n) is 8.31. The highest BCUT2D eigenvalue weighted by Gasteiger charge is 2.54. The third kappa shape index (κ3) is 3.38. The molecule has 1 spiro atoms. The van der Waals surface area contributed by atoms with Gasteiger partial charge in [-0.2, -0.15) is 0 Å². The third-order valence-corrected chi connectivity index (χ3v) is 6.90. The highest BCUT2D eigenvalue weighted by molar-refractivity contribution is 6.33. The predicted octanol–water partition coefficient (Wildman–Crippen LogP) is 4.73. The number of carbonyl (C=O) groups is 2. The second kappa shape index (κ2) is 7.58. The Balaban J connectivity index is 1.73. The molecule has 1 amide bonds. The van der Waals surface area contributed by atoms with E-state index in [2.05, 4.69) is 5.32 Å². The molecule has 2 aliphatic rings. The number of methoxy groups -OCH3 is 1. The zero-order chi connectivity index (χ0) is 20.8. The van der Waals surface area contributed by atoms with Crippen molar-refractivity contribution in [3.63, 3.8) is 0 Å². The first-order valence-corrected chi connectivity index (χ1v) is 10.5. The summed E-state index contributed by atoms with van der Waals surface area (Å²) in [4.78, 5) is 26.5. The number of hydrogen-bond acceptors (Lipinski definition) is 3. The van der Waals surface area contributed by atoms with Crippen LogP contribution >= 0.6 is 11.6 Å². The van der Waals surface area contributed by atoms with Gasteiger partial charge in [0, 0.05) is 17.7 Å². The first kappa shape index (κ1) is 20.1. The van der Waals surface area contributed by atoms with Crippen molar-refractivity contribution < 1.29 is 14.3 Å². The average molecular weight is 412 g/mol. The second-order valence-corrected chi connectivity index (χ2v) is 8.71. The predicted molar refractivity (Wildman–Crippen MR) is 114 cm³/mol. The van der Waals surface area contributed by atoms with Crippen molar-refractivity contribution in [3.05, 3.63) is 58.1 Å². The fourth-order valence-corrected chi connectivity index (χ4v) is 5.13. The van der Waals surface area contributed by atoms with E-state index in [1.165, 1.54) is 0 Å². The molecular weight excluding hydrogens is 386 g/mol. The van der Waals surface area contributed by atoms with Gasteiger partial charge in [-0.3, -0.25) is 9.59 Å². The Bertz CT molecular complexity index is 976. The summed E-state index contributed by atoms with van der Waals surface area (Å²) in [7, 11) is 1.70. The number of nitrogens with one attached hydrogen (secondary N) is 1. The number of ether oxygens (including phenoxy) is 1. The number of Topliss-reactive ketones (excluding diaryl/α,β-unsaturated/α-hetero) is 1. The molecule has 0 radical (unpaired) electrons. The van der Waals surface area contributed by atoms with Crippen LogP contribution in [0.25, 0.3) is 11.1 Å². The number of ketones is 1. The van der Waals surface area contributed by atoms with Crippen molar-refractivity contribution >= 4 is 23.3 Å². The Hall–Kier alpha value is -2.17. The van der Waals surface area contributed by atoms with E-state index >= 15 is 0 Å². The van der Waals surface area contributed by atoms with E-state index < -0.39 is 11.5 Å². The third-order valence-electron chi connectivity index (χ3n) is 6.57. The van der Waals surface area contributed by atoms with Crippen LogP contribution in [-0.4, -0.2) is 30.4 Å². The van der Waals surface area contributed by atoms with Gasteiger partial charge >= 0.3 is 0 Å². The highest BCUT2D eigenvalue weighted by atomic mass is 35.5. The molecule has 0 bridgehead atoms. The topological polar surface area (TPSA) is 55.4 Å². The molecule has 1 saturated heterocycles. The van der Waals surface area contributed by atoms with Crippen LogP contribution in [0.5, 0.6) is 0 Å². The molecule has 1 aliphatic heterocycles. The molecule has 1 heterocycles. The fraction of sp³-hybridized carbons (Fsp3) is 0.417. The monoisotopic (exact) mass is 411 g/mol. The molecule has 1 aliphatic carbocycles. The van der Waals surface area contributed by atoms with E-state index in [0.717, 1.165) is 40.7 Å². The number of hydrogen-bond donors (Lipinski definition) is 1. The van der Waals surface area contributed by atoms with Gasteiger partial charge in [0.1, 0.15) is 5.92 Å². The minimum Gasteiger partial charge on any atom is -0.381 e. The number of halogens is 1. The molecule has 0 aromatic heterocycles. The summed E-state index contributed by atoms with van der Waals surface area (Å²) in [5, 5.41) is 3.71. The Labute approximate surface area is 176 Å². The summed E-state index contributed by atoms with van der Waals surface area (Å²) in [6, 6.07) is 11.7. The van der Waals surface area contributed by atoms with Gasteiger partial charge < -0.3 is 10.1 Å². The normalized spacial score (nSPS) is 26.8. The van der Waals surface area contributed by atoms with Gasteiger partial charge in [0.15, 0.2) is 5.78 Å². The van der Waals surface area contributed by atoms with Crippen molar-refractivity contribution in [2.45, 2.75) is 57.1 Å². The molecular formula is C24H26ClNO3. The summed E-state index contributed by atoms with van der Waals surface area (Å²) in [5.74, 6) is -0.965. The Morgan fingerprint density at radius 3 is 2.38 bits per heavy atom. The SMILES string of the molecule is COC1CCC2(CC1)NC(=O)C(c1cc(-c3ccccc3Cl)c(C)cc1C)C2=O. The molecule has 2 aromatic rings. The van der Waals surface area contributed by atoms with Crippen molar-refractivity contribution in [2.24, 2.45) is 0 Å². The van der Waals surface area contributed by atoms with Gasteiger partial charge in [0.25, 0.3) is 0 Å². The van der Waals surface area contributed by atoms with Crippen LogP contribution in [0.1, 0.15) is 48.3 Å². The van der Waals surface area contributed by atoms with Crippen molar-refractivity contribution in [1.82, 2.24) is 5.32 Å². The van der Waals surface area contributed by atoms with Crippen LogP contribution < -0.4 is 5.32 Å². The van der Waals surface area contributed by atoms with Gasteiger partial charge in [-0.1, -0.05) is 35.9 Å². The standard InChI is InChI=1S/C24H26ClNO3/c1-14-12-15(2)19(13-18(14)17-6-4-5-7-20(17)25)21-22(27)24(26-23(21)28)10-8-16(29-3)9-11-24/h4-7,12-13,16,21H,8-11H2,1-3H3,(H,26,28). The number of amides is 1. The summed E-state index contributed by atoms with van der Waals surface area (Å²) in [6.07, 6.45) is 3.00. The highest BCUT2D eigenvalue weighted by Crippen LogP contribution is 2.42. The average Bonchev–Trinajstić information content (AvgIpc) is 2.93. The zero-order valence-corrected chi connectivity index (χ0v) is 17.8. The number of rotatable bonds is 3. The minimum absolute atomic E-state index is 0.00545. The summed E-state index contributed by atoms with van der Waals surface area (Å²) in [5.41, 5.74) is 3.92. The quantitative estimate of drug-likeness (QED) is 0.742. The maximum absolute atomic E-state index is 13.5. The van der Waals surface area contributed by atoms with E-state index in [1.807, 2.05) is 50.2 Å². The Kier molecular flexibility index (Phi) is 5.26. The number of aryl methyl sites for hydroxylation is 2.